The van der Waals surface area contributed by atoms with E-state index in [2.05, 4.69) is 45.9 Å². The van der Waals surface area contributed by atoms with Gasteiger partial charge in [0.25, 0.3) is 0 Å². The van der Waals surface area contributed by atoms with Gasteiger partial charge in [0.2, 0.25) is 0 Å². The van der Waals surface area contributed by atoms with Gasteiger partial charge in [-0.1, -0.05) is 32.0 Å². The van der Waals surface area contributed by atoms with Crippen LogP contribution in [0.25, 0.3) is 0 Å². The molecule has 1 aromatic carbocycles. The third-order valence-corrected chi connectivity index (χ3v) is 4.76. The van der Waals surface area contributed by atoms with E-state index in [9.17, 15) is 0 Å². The Hall–Kier alpha value is -0.860. The average Bonchev–Trinajstić information content (AvgIpc) is 2.40. The first-order valence-electron chi connectivity index (χ1n) is 7.82. The number of rotatable bonds is 4. The van der Waals surface area contributed by atoms with E-state index >= 15 is 0 Å². The highest BCUT2D eigenvalue weighted by Crippen LogP contribution is 2.36. The lowest BCUT2D eigenvalue weighted by molar-refractivity contribution is -0.00185. The monoisotopic (exact) mass is 275 g/mol. The number of hydrogen-bond donors (Lipinski definition) is 1. The lowest BCUT2D eigenvalue weighted by Crippen LogP contribution is -2.29. The summed E-state index contributed by atoms with van der Waals surface area (Å²) < 4.78 is 6.04. The minimum absolute atomic E-state index is 0.00997. The minimum Gasteiger partial charge on any atom is -0.376 e. The quantitative estimate of drug-likeness (QED) is 0.889. The Morgan fingerprint density at radius 3 is 2.45 bits per heavy atom. The maximum Gasteiger partial charge on any atom is 0.0663 e. The molecule has 0 saturated heterocycles. The Kier molecular flexibility index (Phi) is 4.87. The van der Waals surface area contributed by atoms with Crippen LogP contribution in [0, 0.1) is 19.3 Å². The summed E-state index contributed by atoms with van der Waals surface area (Å²) in [6, 6.07) is 6.45. The van der Waals surface area contributed by atoms with Crippen molar-refractivity contribution in [1.82, 2.24) is 0 Å². The van der Waals surface area contributed by atoms with Gasteiger partial charge in [0.1, 0.15) is 0 Å². The van der Waals surface area contributed by atoms with Crippen LogP contribution in [0.15, 0.2) is 18.2 Å². The molecule has 1 atom stereocenters. The highest BCUT2D eigenvalue weighted by Gasteiger charge is 2.27. The summed E-state index contributed by atoms with van der Waals surface area (Å²) in [5, 5.41) is 0. The molecule has 1 fully saturated rings. The molecule has 20 heavy (non-hydrogen) atoms. The van der Waals surface area contributed by atoms with Crippen LogP contribution in [-0.2, 0) is 4.74 Å². The molecule has 0 amide bonds. The number of ether oxygens (including phenoxy) is 1. The van der Waals surface area contributed by atoms with Crippen molar-refractivity contribution >= 4 is 0 Å². The second-order valence-corrected chi connectivity index (χ2v) is 7.15. The fraction of sp³-hybridized carbons (Fsp3) is 0.667. The predicted octanol–water partition coefficient (Wildman–Crippen LogP) is 4.29. The molecule has 112 valence electrons. The fourth-order valence-electron chi connectivity index (χ4n) is 2.87. The molecule has 0 heterocycles. The summed E-state index contributed by atoms with van der Waals surface area (Å²) in [6.45, 7) is 9.60. The SMILES string of the molecule is Cc1ccc(C(N)COC2CCC(C)(C)CC2)cc1C. The molecule has 1 unspecified atom stereocenters. The number of benzene rings is 1. The Balaban J connectivity index is 1.83. The molecule has 0 radical (unpaired) electrons. The van der Waals surface area contributed by atoms with Crippen molar-refractivity contribution in [2.75, 3.05) is 6.61 Å². The van der Waals surface area contributed by atoms with Crippen molar-refractivity contribution in [3.8, 4) is 0 Å². The van der Waals surface area contributed by atoms with Crippen molar-refractivity contribution in [3.63, 3.8) is 0 Å². The van der Waals surface area contributed by atoms with Gasteiger partial charge < -0.3 is 10.5 Å². The number of aryl methyl sites for hydroxylation is 2. The Bertz CT molecular complexity index is 443. The lowest BCUT2D eigenvalue weighted by Gasteiger charge is -2.34. The van der Waals surface area contributed by atoms with Gasteiger partial charge >= 0.3 is 0 Å². The van der Waals surface area contributed by atoms with E-state index < -0.39 is 0 Å². The summed E-state index contributed by atoms with van der Waals surface area (Å²) in [4.78, 5) is 0. The number of nitrogens with two attached hydrogens (primary N) is 1. The van der Waals surface area contributed by atoms with Gasteiger partial charge in [0, 0.05) is 0 Å². The topological polar surface area (TPSA) is 35.2 Å². The standard InChI is InChI=1S/C18H29NO/c1-13-5-6-15(11-14(13)2)17(19)12-20-16-7-9-18(3,4)10-8-16/h5-6,11,16-17H,7-10,12,19H2,1-4H3. The van der Waals surface area contributed by atoms with Crippen molar-refractivity contribution in [2.45, 2.75) is 65.5 Å². The second kappa shape index (κ2) is 6.28. The summed E-state index contributed by atoms with van der Waals surface area (Å²) in [7, 11) is 0. The Morgan fingerprint density at radius 1 is 1.20 bits per heavy atom. The molecule has 1 aromatic rings. The van der Waals surface area contributed by atoms with Crippen LogP contribution in [0.3, 0.4) is 0 Å². The molecular formula is C18H29NO. The first-order chi connectivity index (χ1) is 9.37. The van der Waals surface area contributed by atoms with Crippen molar-refractivity contribution < 1.29 is 4.74 Å². The van der Waals surface area contributed by atoms with E-state index in [0.29, 0.717) is 18.1 Å². The van der Waals surface area contributed by atoms with Crippen molar-refractivity contribution in [3.05, 3.63) is 34.9 Å². The van der Waals surface area contributed by atoms with Crippen LogP contribution in [0.2, 0.25) is 0 Å². The molecule has 2 rings (SSSR count). The van der Waals surface area contributed by atoms with Gasteiger partial charge in [-0.25, -0.2) is 0 Å². The first kappa shape index (κ1) is 15.5. The van der Waals surface area contributed by atoms with Crippen LogP contribution >= 0.6 is 0 Å². The Morgan fingerprint density at radius 2 is 1.85 bits per heavy atom. The van der Waals surface area contributed by atoms with Gasteiger partial charge in [-0.2, -0.15) is 0 Å². The predicted molar refractivity (Wildman–Crippen MR) is 84.8 cm³/mol. The highest BCUT2D eigenvalue weighted by atomic mass is 16.5. The molecular weight excluding hydrogens is 246 g/mol. The largest absolute Gasteiger partial charge is 0.376 e. The second-order valence-electron chi connectivity index (χ2n) is 7.15. The summed E-state index contributed by atoms with van der Waals surface area (Å²) >= 11 is 0. The summed E-state index contributed by atoms with van der Waals surface area (Å²) in [5.41, 5.74) is 10.6. The third-order valence-electron chi connectivity index (χ3n) is 4.76. The maximum atomic E-state index is 6.26. The van der Waals surface area contributed by atoms with Crippen molar-refractivity contribution in [1.29, 1.82) is 0 Å². The Labute approximate surface area is 123 Å². The molecule has 1 saturated carbocycles. The summed E-state index contributed by atoms with van der Waals surface area (Å²) in [6.07, 6.45) is 5.27. The van der Waals surface area contributed by atoms with E-state index in [1.165, 1.54) is 42.4 Å². The van der Waals surface area contributed by atoms with E-state index in [1.807, 2.05) is 0 Å². The van der Waals surface area contributed by atoms with Gasteiger partial charge in [-0.05, 0) is 61.6 Å². The maximum absolute atomic E-state index is 6.26. The van der Waals surface area contributed by atoms with E-state index in [0.717, 1.165) is 0 Å². The first-order valence-corrected chi connectivity index (χ1v) is 7.82. The van der Waals surface area contributed by atoms with Crippen LogP contribution in [0.1, 0.15) is 62.3 Å². The fourth-order valence-corrected chi connectivity index (χ4v) is 2.87. The molecule has 1 aliphatic carbocycles. The third kappa shape index (κ3) is 4.07. The molecule has 2 N–H and O–H groups in total. The molecule has 0 spiro atoms. The zero-order valence-corrected chi connectivity index (χ0v) is 13.4. The van der Waals surface area contributed by atoms with Gasteiger partial charge in [0.05, 0.1) is 18.8 Å². The smallest absolute Gasteiger partial charge is 0.0663 e. The van der Waals surface area contributed by atoms with Crippen molar-refractivity contribution in [2.24, 2.45) is 11.1 Å². The molecule has 0 aromatic heterocycles. The van der Waals surface area contributed by atoms with Gasteiger partial charge in [0.15, 0.2) is 0 Å². The molecule has 2 heteroatoms. The zero-order chi connectivity index (χ0) is 14.8. The highest BCUT2D eigenvalue weighted by molar-refractivity contribution is 5.31. The van der Waals surface area contributed by atoms with Crippen LogP contribution < -0.4 is 5.73 Å². The molecule has 2 nitrogen and oxygen atoms in total. The van der Waals surface area contributed by atoms with Crippen LogP contribution in [0.5, 0.6) is 0 Å². The lowest BCUT2D eigenvalue weighted by atomic mass is 9.76. The number of hydrogen-bond acceptors (Lipinski definition) is 2. The van der Waals surface area contributed by atoms with Gasteiger partial charge in [-0.15, -0.1) is 0 Å². The molecule has 1 aliphatic rings. The molecule has 0 bridgehead atoms. The zero-order valence-electron chi connectivity index (χ0n) is 13.4. The van der Waals surface area contributed by atoms with Gasteiger partial charge in [-0.3, -0.25) is 0 Å². The average molecular weight is 275 g/mol. The van der Waals surface area contributed by atoms with E-state index in [-0.39, 0.29) is 6.04 Å². The van der Waals surface area contributed by atoms with E-state index in [1.54, 1.807) is 0 Å². The summed E-state index contributed by atoms with van der Waals surface area (Å²) in [5.74, 6) is 0. The molecule has 0 aliphatic heterocycles. The minimum atomic E-state index is -0.00997. The van der Waals surface area contributed by atoms with Crippen LogP contribution in [-0.4, -0.2) is 12.7 Å². The van der Waals surface area contributed by atoms with Crippen LogP contribution in [0.4, 0.5) is 0 Å². The van der Waals surface area contributed by atoms with E-state index in [4.69, 9.17) is 10.5 Å². The normalized spacial score (nSPS) is 20.9.